The molecule has 0 bridgehead atoms. The minimum Gasteiger partial charge on any atom is -0.422 e. The summed E-state index contributed by atoms with van der Waals surface area (Å²) in [5.41, 5.74) is 0.689. The first-order valence-corrected chi connectivity index (χ1v) is 9.83. The molecule has 2 aromatic carbocycles. The van der Waals surface area contributed by atoms with Gasteiger partial charge in [0.2, 0.25) is 5.78 Å². The average Bonchev–Trinajstić information content (AvgIpc) is 2.73. The molecule has 0 fully saturated rings. The van der Waals surface area contributed by atoms with Crippen LogP contribution in [0.2, 0.25) is 0 Å². The monoisotopic (exact) mass is 403 g/mol. The predicted molar refractivity (Wildman–Crippen MR) is 117 cm³/mol. The molecule has 152 valence electrons. The van der Waals surface area contributed by atoms with Crippen molar-refractivity contribution in [2.75, 3.05) is 18.0 Å². The summed E-state index contributed by atoms with van der Waals surface area (Å²) in [7, 11) is 0. The zero-order valence-electron chi connectivity index (χ0n) is 17.0. The third-order valence-electron chi connectivity index (χ3n) is 5.23. The van der Waals surface area contributed by atoms with Gasteiger partial charge in [0, 0.05) is 35.6 Å². The minimum absolute atomic E-state index is 0.197. The van der Waals surface area contributed by atoms with Crippen molar-refractivity contribution < 1.29 is 13.6 Å². The normalized spacial score (nSPS) is 11.2. The summed E-state index contributed by atoms with van der Waals surface area (Å²) < 4.78 is 10.7. The molecule has 4 rings (SSSR count). The number of benzene rings is 2. The van der Waals surface area contributed by atoms with Crippen LogP contribution in [0.25, 0.3) is 21.9 Å². The molecule has 4 aromatic rings. The summed E-state index contributed by atoms with van der Waals surface area (Å²) in [4.78, 5) is 40.1. The molecule has 30 heavy (non-hydrogen) atoms. The summed E-state index contributed by atoms with van der Waals surface area (Å²) in [5.74, 6) is -0.713. The Morgan fingerprint density at radius 3 is 1.90 bits per heavy atom. The SMILES string of the molecule is CCN(CC)c1ccc2cc(C(=O)c3cc4ccc(C)cc4oc3=O)c(=O)oc2c1. The van der Waals surface area contributed by atoms with Gasteiger partial charge in [0.1, 0.15) is 22.3 Å². The fourth-order valence-electron chi connectivity index (χ4n) is 3.57. The second kappa shape index (κ2) is 7.63. The van der Waals surface area contributed by atoms with Crippen LogP contribution < -0.4 is 16.2 Å². The maximum absolute atomic E-state index is 13.0. The fourth-order valence-corrected chi connectivity index (χ4v) is 3.57. The van der Waals surface area contributed by atoms with Gasteiger partial charge >= 0.3 is 11.3 Å². The highest BCUT2D eigenvalue weighted by Crippen LogP contribution is 2.23. The number of hydrogen-bond acceptors (Lipinski definition) is 6. The zero-order valence-corrected chi connectivity index (χ0v) is 17.0. The number of rotatable bonds is 5. The van der Waals surface area contributed by atoms with E-state index in [1.165, 1.54) is 12.1 Å². The quantitative estimate of drug-likeness (QED) is 0.365. The largest absolute Gasteiger partial charge is 0.422 e. The van der Waals surface area contributed by atoms with Gasteiger partial charge in [-0.2, -0.15) is 0 Å². The van der Waals surface area contributed by atoms with E-state index in [4.69, 9.17) is 8.83 Å². The number of ketones is 1. The lowest BCUT2D eigenvalue weighted by Gasteiger charge is -2.20. The third kappa shape index (κ3) is 3.41. The van der Waals surface area contributed by atoms with Crippen molar-refractivity contribution in [2.24, 2.45) is 0 Å². The lowest BCUT2D eigenvalue weighted by Crippen LogP contribution is -2.22. The molecule has 0 spiro atoms. The van der Waals surface area contributed by atoms with Gasteiger partial charge in [-0.3, -0.25) is 4.79 Å². The van der Waals surface area contributed by atoms with Gasteiger partial charge in [-0.25, -0.2) is 9.59 Å². The number of nitrogens with zero attached hydrogens (tertiary/aromatic N) is 1. The van der Waals surface area contributed by atoms with Crippen molar-refractivity contribution in [1.82, 2.24) is 0 Å². The van der Waals surface area contributed by atoms with Crippen LogP contribution in [0.15, 0.2) is 67.0 Å². The van der Waals surface area contributed by atoms with E-state index >= 15 is 0 Å². The molecular formula is C24H21NO5. The van der Waals surface area contributed by atoms with Gasteiger partial charge in [0.25, 0.3) is 0 Å². The maximum atomic E-state index is 13.0. The summed E-state index contributed by atoms with van der Waals surface area (Å²) in [6, 6.07) is 13.8. The average molecular weight is 403 g/mol. The van der Waals surface area contributed by atoms with E-state index in [0.717, 1.165) is 24.3 Å². The van der Waals surface area contributed by atoms with Crippen molar-refractivity contribution in [1.29, 1.82) is 0 Å². The molecular weight excluding hydrogens is 382 g/mol. The Morgan fingerprint density at radius 2 is 1.33 bits per heavy atom. The molecule has 2 heterocycles. The van der Waals surface area contributed by atoms with E-state index < -0.39 is 17.0 Å². The van der Waals surface area contributed by atoms with Crippen LogP contribution >= 0.6 is 0 Å². The van der Waals surface area contributed by atoms with Crippen LogP contribution in [-0.2, 0) is 0 Å². The standard InChI is InChI=1S/C24H21NO5/c1-4-25(5-2)17-9-8-16-12-19(24(28)30-21(16)13-17)22(26)18-11-15-7-6-14(3)10-20(15)29-23(18)27/h6-13H,4-5H2,1-3H3. The number of carbonyl (C=O) groups excluding carboxylic acids is 1. The first-order chi connectivity index (χ1) is 14.4. The molecule has 0 amide bonds. The Labute approximate surface area is 172 Å². The molecule has 0 N–H and O–H groups in total. The summed E-state index contributed by atoms with van der Waals surface area (Å²) >= 11 is 0. The van der Waals surface area contributed by atoms with E-state index in [9.17, 15) is 14.4 Å². The van der Waals surface area contributed by atoms with E-state index in [1.54, 1.807) is 24.3 Å². The summed E-state index contributed by atoms with van der Waals surface area (Å²) in [6.07, 6.45) is 0. The highest BCUT2D eigenvalue weighted by atomic mass is 16.4. The van der Waals surface area contributed by atoms with E-state index in [2.05, 4.69) is 4.90 Å². The molecule has 0 aliphatic carbocycles. The number of fused-ring (bicyclic) bond motifs is 2. The Kier molecular flexibility index (Phi) is 4.99. The van der Waals surface area contributed by atoms with Crippen LogP contribution in [0.5, 0.6) is 0 Å². The molecule has 2 aromatic heterocycles. The third-order valence-corrected chi connectivity index (χ3v) is 5.23. The number of hydrogen-bond donors (Lipinski definition) is 0. The van der Waals surface area contributed by atoms with Crippen LogP contribution in [0.3, 0.4) is 0 Å². The molecule has 0 atom stereocenters. The summed E-state index contributed by atoms with van der Waals surface area (Å²) in [6.45, 7) is 7.61. The highest BCUT2D eigenvalue weighted by Gasteiger charge is 2.21. The van der Waals surface area contributed by atoms with Crippen molar-refractivity contribution in [3.8, 4) is 0 Å². The number of aryl methyl sites for hydroxylation is 1. The van der Waals surface area contributed by atoms with Crippen LogP contribution in [0.1, 0.15) is 35.3 Å². The Hall–Kier alpha value is -3.67. The maximum Gasteiger partial charge on any atom is 0.347 e. The van der Waals surface area contributed by atoms with Gasteiger partial charge in [-0.05, 0) is 56.7 Å². The van der Waals surface area contributed by atoms with Crippen molar-refractivity contribution in [3.05, 3.63) is 86.1 Å². The fraction of sp³-hybridized carbons (Fsp3) is 0.208. The minimum atomic E-state index is -0.785. The van der Waals surface area contributed by atoms with Crippen LogP contribution in [0.4, 0.5) is 5.69 Å². The zero-order chi connectivity index (χ0) is 21.4. The van der Waals surface area contributed by atoms with E-state index in [1.807, 2.05) is 32.9 Å². The van der Waals surface area contributed by atoms with Crippen LogP contribution in [0, 0.1) is 6.92 Å². The molecule has 6 nitrogen and oxygen atoms in total. The van der Waals surface area contributed by atoms with Crippen LogP contribution in [-0.4, -0.2) is 18.9 Å². The Bertz CT molecular complexity index is 1390. The first-order valence-electron chi connectivity index (χ1n) is 9.83. The lowest BCUT2D eigenvalue weighted by atomic mass is 10.0. The molecule has 0 saturated heterocycles. The van der Waals surface area contributed by atoms with Crippen molar-refractivity contribution in [2.45, 2.75) is 20.8 Å². The topological polar surface area (TPSA) is 80.7 Å². The predicted octanol–water partition coefficient (Wildman–Crippen LogP) is 4.29. The van der Waals surface area contributed by atoms with Crippen molar-refractivity contribution in [3.63, 3.8) is 0 Å². The summed E-state index contributed by atoms with van der Waals surface area (Å²) in [5, 5.41) is 1.22. The molecule has 0 saturated carbocycles. The van der Waals surface area contributed by atoms with Crippen molar-refractivity contribution >= 4 is 33.4 Å². The molecule has 6 heteroatoms. The lowest BCUT2D eigenvalue weighted by molar-refractivity contribution is 0.103. The molecule has 0 radical (unpaired) electrons. The van der Waals surface area contributed by atoms with Gasteiger partial charge in [0.15, 0.2) is 0 Å². The molecule has 0 unspecified atom stereocenters. The highest BCUT2D eigenvalue weighted by molar-refractivity contribution is 6.10. The van der Waals surface area contributed by atoms with Gasteiger partial charge in [0.05, 0.1) is 0 Å². The number of anilines is 1. The number of carbonyl (C=O) groups is 1. The molecule has 0 aliphatic heterocycles. The second-order valence-electron chi connectivity index (χ2n) is 7.16. The smallest absolute Gasteiger partial charge is 0.347 e. The first kappa shape index (κ1) is 19.6. The Balaban J connectivity index is 1.81. The second-order valence-corrected chi connectivity index (χ2v) is 7.16. The van der Waals surface area contributed by atoms with E-state index in [0.29, 0.717) is 21.9 Å². The van der Waals surface area contributed by atoms with Gasteiger partial charge in [-0.1, -0.05) is 12.1 Å². The van der Waals surface area contributed by atoms with Gasteiger partial charge in [-0.15, -0.1) is 0 Å². The molecule has 0 aliphatic rings. The Morgan fingerprint density at radius 1 is 0.800 bits per heavy atom. The van der Waals surface area contributed by atoms with E-state index in [-0.39, 0.29) is 11.1 Å². The van der Waals surface area contributed by atoms with Gasteiger partial charge < -0.3 is 13.7 Å².